The van der Waals surface area contributed by atoms with E-state index in [2.05, 4.69) is 10.3 Å². The summed E-state index contributed by atoms with van der Waals surface area (Å²) in [6, 6.07) is 14.1. The molecule has 200 valence electrons. The first kappa shape index (κ1) is 26.4. The van der Waals surface area contributed by atoms with Crippen LogP contribution in [-0.4, -0.2) is 66.4 Å². The molecule has 0 spiro atoms. The Hall–Kier alpha value is -4.21. The molecule has 0 aliphatic carbocycles. The summed E-state index contributed by atoms with van der Waals surface area (Å²) in [5, 5.41) is 3.31. The number of anilines is 1. The lowest BCUT2D eigenvalue weighted by atomic mass is 9.99. The van der Waals surface area contributed by atoms with Gasteiger partial charge in [-0.25, -0.2) is 4.98 Å². The lowest BCUT2D eigenvalue weighted by molar-refractivity contribution is -0.130. The van der Waals surface area contributed by atoms with Crippen LogP contribution >= 0.6 is 11.6 Å². The Bertz CT molecular complexity index is 1420. The van der Waals surface area contributed by atoms with Crippen molar-refractivity contribution < 1.29 is 23.9 Å². The van der Waals surface area contributed by atoms with E-state index in [1.807, 2.05) is 6.07 Å². The minimum Gasteiger partial charge on any atom is -0.486 e. The second-order valence-electron chi connectivity index (χ2n) is 9.30. The summed E-state index contributed by atoms with van der Waals surface area (Å²) in [7, 11) is 0. The normalized spacial score (nSPS) is 16.5. The number of hydrogen-bond donors (Lipinski definition) is 2. The summed E-state index contributed by atoms with van der Waals surface area (Å²) in [6.07, 6.45) is 5.01. The number of aromatic nitrogens is 1. The molecule has 0 bridgehead atoms. The number of nitrogens with two attached hydrogens (primary N) is 1. The van der Waals surface area contributed by atoms with E-state index in [4.69, 9.17) is 26.8 Å². The minimum absolute atomic E-state index is 0.250. The highest BCUT2D eigenvalue weighted by molar-refractivity contribution is 6.42. The first-order chi connectivity index (χ1) is 18.9. The summed E-state index contributed by atoms with van der Waals surface area (Å²) in [4.78, 5) is 42.9. The van der Waals surface area contributed by atoms with Crippen LogP contribution < -0.4 is 15.8 Å². The maximum Gasteiger partial charge on any atom is 0.295 e. The number of ether oxygens (including phenoxy) is 2. The molecule has 0 radical (unpaired) electrons. The number of carbonyl (C=O) groups excluding carboxylic acids is 3. The fourth-order valence-electron chi connectivity index (χ4n) is 4.48. The number of halogens is 1. The molecule has 1 unspecified atom stereocenters. The summed E-state index contributed by atoms with van der Waals surface area (Å²) >= 11 is 6.54. The van der Waals surface area contributed by atoms with Crippen LogP contribution in [0.15, 0.2) is 60.8 Å². The number of amides is 2. The lowest BCUT2D eigenvalue weighted by Gasteiger charge is -2.26. The predicted molar refractivity (Wildman–Crippen MR) is 147 cm³/mol. The Kier molecular flexibility index (Phi) is 7.90. The molecular weight excluding hydrogens is 520 g/mol. The zero-order chi connectivity index (χ0) is 27.4. The largest absolute Gasteiger partial charge is 0.486 e. The van der Waals surface area contributed by atoms with Crippen LogP contribution in [0.2, 0.25) is 5.02 Å². The van der Waals surface area contributed by atoms with E-state index in [0.717, 1.165) is 22.3 Å². The number of morpholine rings is 1. The van der Waals surface area contributed by atoms with Crippen molar-refractivity contribution in [1.82, 2.24) is 15.2 Å². The van der Waals surface area contributed by atoms with Crippen molar-refractivity contribution >= 4 is 41.1 Å². The third kappa shape index (κ3) is 6.27. The first-order valence-corrected chi connectivity index (χ1v) is 12.9. The molecule has 10 heteroatoms. The highest BCUT2D eigenvalue weighted by Gasteiger charge is 2.27. The Balaban J connectivity index is 1.19. The number of carbonyl (C=O) groups is 3. The number of ketones is 1. The van der Waals surface area contributed by atoms with E-state index in [0.29, 0.717) is 61.4 Å². The molecule has 2 aromatic carbocycles. The third-order valence-electron chi connectivity index (χ3n) is 6.57. The molecule has 3 N–H and O–H groups in total. The van der Waals surface area contributed by atoms with Gasteiger partial charge in [0.1, 0.15) is 17.7 Å². The van der Waals surface area contributed by atoms with Gasteiger partial charge in [0.05, 0.1) is 24.8 Å². The molecule has 9 nitrogen and oxygen atoms in total. The summed E-state index contributed by atoms with van der Waals surface area (Å²) in [6.45, 7) is 2.03. The topological polar surface area (TPSA) is 124 Å². The number of nitrogen functional groups attached to an aromatic ring is 1. The van der Waals surface area contributed by atoms with Crippen LogP contribution in [0.5, 0.6) is 5.75 Å². The van der Waals surface area contributed by atoms with Gasteiger partial charge in [-0.15, -0.1) is 0 Å². The van der Waals surface area contributed by atoms with Gasteiger partial charge in [0.2, 0.25) is 11.7 Å². The molecule has 5 rings (SSSR count). The molecule has 2 aliphatic heterocycles. The number of rotatable bonds is 7. The highest BCUT2D eigenvalue weighted by Crippen LogP contribution is 2.39. The third-order valence-corrected chi connectivity index (χ3v) is 6.85. The maximum absolute atomic E-state index is 12.7. The Morgan fingerprint density at radius 3 is 2.56 bits per heavy atom. The second kappa shape index (κ2) is 11.7. The smallest absolute Gasteiger partial charge is 0.295 e. The van der Waals surface area contributed by atoms with E-state index in [-0.39, 0.29) is 12.0 Å². The van der Waals surface area contributed by atoms with Gasteiger partial charge >= 0.3 is 0 Å². The SMILES string of the molecule is Nc1ccc(/C=C/C(=O)NCC2Cc3cc(-c4ccc(C(=O)C(=O)N5CCOCC5)cc4)cc(Cl)c3O2)cn1. The second-order valence-corrected chi connectivity index (χ2v) is 9.70. The molecule has 2 aliphatic rings. The molecular formula is C29H27ClN4O5. The fourth-order valence-corrected chi connectivity index (χ4v) is 4.76. The Labute approximate surface area is 230 Å². The number of nitrogens with one attached hydrogen (secondary N) is 1. The van der Waals surface area contributed by atoms with Gasteiger partial charge in [-0.1, -0.05) is 35.9 Å². The minimum atomic E-state index is -0.534. The van der Waals surface area contributed by atoms with Gasteiger partial charge in [0.25, 0.3) is 5.91 Å². The number of nitrogens with zero attached hydrogens (tertiary/aromatic N) is 2. The van der Waals surface area contributed by atoms with E-state index in [1.54, 1.807) is 54.7 Å². The Morgan fingerprint density at radius 2 is 1.85 bits per heavy atom. The molecule has 1 fully saturated rings. The van der Waals surface area contributed by atoms with Crippen LogP contribution in [0.1, 0.15) is 21.5 Å². The number of fused-ring (bicyclic) bond motifs is 1. The van der Waals surface area contributed by atoms with Gasteiger partial charge in [0.15, 0.2) is 0 Å². The van der Waals surface area contributed by atoms with Crippen LogP contribution in [0.3, 0.4) is 0 Å². The van der Waals surface area contributed by atoms with E-state index < -0.39 is 11.7 Å². The van der Waals surface area contributed by atoms with Crippen molar-refractivity contribution in [2.24, 2.45) is 0 Å². The first-order valence-electron chi connectivity index (χ1n) is 12.6. The number of pyridine rings is 1. The quantitative estimate of drug-likeness (QED) is 0.265. The zero-order valence-electron chi connectivity index (χ0n) is 21.1. The Morgan fingerprint density at radius 1 is 1.08 bits per heavy atom. The van der Waals surface area contributed by atoms with Gasteiger partial charge in [-0.3, -0.25) is 14.4 Å². The van der Waals surface area contributed by atoms with Crippen LogP contribution in [0.4, 0.5) is 5.82 Å². The fraction of sp³-hybridized carbons (Fsp3) is 0.241. The molecule has 1 aromatic heterocycles. The monoisotopic (exact) mass is 546 g/mol. The van der Waals surface area contributed by atoms with Crippen molar-refractivity contribution in [2.75, 3.05) is 38.6 Å². The van der Waals surface area contributed by atoms with E-state index >= 15 is 0 Å². The van der Waals surface area contributed by atoms with Crippen LogP contribution in [0, 0.1) is 0 Å². The molecule has 3 heterocycles. The molecule has 39 heavy (non-hydrogen) atoms. The van der Waals surface area contributed by atoms with E-state index in [9.17, 15) is 14.4 Å². The standard InChI is InChI=1S/C29H27ClN4O5/c30-24-15-21(19-3-5-20(6-4-19)27(36)29(37)34-9-11-38-12-10-34)13-22-14-23(39-28(22)24)17-33-26(35)8-2-18-1-7-25(31)32-16-18/h1-8,13,15-16,23H,9-12,14,17H2,(H2,31,32)(H,33,35)/b8-2+. The highest BCUT2D eigenvalue weighted by atomic mass is 35.5. The van der Waals surface area contributed by atoms with Gasteiger partial charge in [-0.05, 0) is 47.0 Å². The van der Waals surface area contributed by atoms with Crippen molar-refractivity contribution in [3.8, 4) is 16.9 Å². The zero-order valence-corrected chi connectivity index (χ0v) is 21.8. The van der Waals surface area contributed by atoms with Gasteiger partial charge in [0, 0.05) is 42.9 Å². The molecule has 3 aromatic rings. The average Bonchev–Trinajstić information content (AvgIpc) is 3.39. The van der Waals surface area contributed by atoms with E-state index in [1.165, 1.54) is 11.0 Å². The molecule has 1 saturated heterocycles. The number of Topliss-reactive ketones (excluding diaryl/α,β-unsaturated/α-hetero) is 1. The number of benzene rings is 2. The van der Waals surface area contributed by atoms with Crippen LogP contribution in [0.25, 0.3) is 17.2 Å². The molecule has 2 amide bonds. The van der Waals surface area contributed by atoms with Gasteiger partial charge < -0.3 is 25.4 Å². The summed E-state index contributed by atoms with van der Waals surface area (Å²) < 4.78 is 11.2. The average molecular weight is 547 g/mol. The summed E-state index contributed by atoms with van der Waals surface area (Å²) in [5.74, 6) is -0.279. The van der Waals surface area contributed by atoms with Crippen molar-refractivity contribution in [3.05, 3.63) is 82.5 Å². The molecule has 1 atom stereocenters. The van der Waals surface area contributed by atoms with Crippen molar-refractivity contribution in [3.63, 3.8) is 0 Å². The molecule has 0 saturated carbocycles. The maximum atomic E-state index is 12.7. The van der Waals surface area contributed by atoms with Gasteiger partial charge in [-0.2, -0.15) is 0 Å². The van der Waals surface area contributed by atoms with Crippen molar-refractivity contribution in [1.29, 1.82) is 0 Å². The lowest BCUT2D eigenvalue weighted by Crippen LogP contribution is -2.44. The number of hydrogen-bond acceptors (Lipinski definition) is 7. The van der Waals surface area contributed by atoms with Crippen LogP contribution in [-0.2, 0) is 20.7 Å². The summed E-state index contributed by atoms with van der Waals surface area (Å²) in [5.41, 5.74) is 9.33. The van der Waals surface area contributed by atoms with Crippen molar-refractivity contribution in [2.45, 2.75) is 12.5 Å². The predicted octanol–water partition coefficient (Wildman–Crippen LogP) is 3.16.